The molecule has 1 saturated heterocycles. The van der Waals surface area contributed by atoms with E-state index in [1.54, 1.807) is 11.8 Å². The second-order valence-corrected chi connectivity index (χ2v) is 8.89. The number of hydrogen-bond donors (Lipinski definition) is 0. The van der Waals surface area contributed by atoms with Crippen molar-refractivity contribution in [1.82, 2.24) is 4.90 Å². The van der Waals surface area contributed by atoms with Crippen LogP contribution in [0, 0.1) is 11.3 Å². The van der Waals surface area contributed by atoms with E-state index in [9.17, 15) is 5.26 Å². The monoisotopic (exact) mass is 380 g/mol. The van der Waals surface area contributed by atoms with Gasteiger partial charge in [0.1, 0.15) is 11.8 Å². The van der Waals surface area contributed by atoms with Crippen molar-refractivity contribution in [2.24, 2.45) is 0 Å². The molecule has 0 spiro atoms. The number of fused-ring (bicyclic) bond motifs is 1. The molecule has 1 aromatic carbocycles. The Morgan fingerprint density at radius 1 is 1.33 bits per heavy atom. The third kappa shape index (κ3) is 3.84. The zero-order chi connectivity index (χ0) is 19.4. The van der Waals surface area contributed by atoms with Crippen LogP contribution in [0.15, 0.2) is 47.5 Å². The molecule has 4 heteroatoms. The van der Waals surface area contributed by atoms with Crippen molar-refractivity contribution in [2.75, 3.05) is 19.6 Å². The lowest BCUT2D eigenvalue weighted by Crippen LogP contribution is -2.27. The first-order valence-corrected chi connectivity index (χ1v) is 10.8. The van der Waals surface area contributed by atoms with Gasteiger partial charge in [-0.15, -0.1) is 0 Å². The smallest absolute Gasteiger partial charge is 0.209 e. The van der Waals surface area contributed by atoms with Crippen LogP contribution in [0.2, 0.25) is 0 Å². The maximum atomic E-state index is 9.23. The SMILES string of the molecule is CCCC[N+]1=C(/C=C/C=C2\SC(C#N)CN2CC)C(C)(C)c2ccccc21. The van der Waals surface area contributed by atoms with Crippen molar-refractivity contribution in [1.29, 1.82) is 5.26 Å². The average molecular weight is 381 g/mol. The van der Waals surface area contributed by atoms with E-state index >= 15 is 0 Å². The van der Waals surface area contributed by atoms with E-state index < -0.39 is 0 Å². The fraction of sp³-hybridized carbons (Fsp3) is 0.478. The van der Waals surface area contributed by atoms with Crippen molar-refractivity contribution in [3.8, 4) is 6.07 Å². The lowest BCUT2D eigenvalue weighted by Gasteiger charge is -2.16. The predicted octanol–water partition coefficient (Wildman–Crippen LogP) is 5.22. The highest BCUT2D eigenvalue weighted by atomic mass is 32.2. The molecule has 1 atom stereocenters. The van der Waals surface area contributed by atoms with Crippen LogP contribution in [-0.4, -0.2) is 40.1 Å². The van der Waals surface area contributed by atoms with Crippen molar-refractivity contribution in [2.45, 2.75) is 51.2 Å². The highest BCUT2D eigenvalue weighted by molar-refractivity contribution is 8.04. The molecule has 0 N–H and O–H groups in total. The lowest BCUT2D eigenvalue weighted by molar-refractivity contribution is -0.438. The Balaban J connectivity index is 1.92. The molecule has 3 rings (SSSR count). The summed E-state index contributed by atoms with van der Waals surface area (Å²) in [6.07, 6.45) is 9.00. The highest BCUT2D eigenvalue weighted by Crippen LogP contribution is 2.40. The van der Waals surface area contributed by atoms with E-state index in [0.717, 1.165) is 19.6 Å². The number of hydrogen-bond acceptors (Lipinski definition) is 3. The van der Waals surface area contributed by atoms with Crippen molar-refractivity contribution < 1.29 is 4.58 Å². The van der Waals surface area contributed by atoms with Gasteiger partial charge in [0.15, 0.2) is 5.71 Å². The molecule has 1 fully saturated rings. The molecule has 2 aliphatic heterocycles. The minimum atomic E-state index is 0.00178. The number of allylic oxidation sites excluding steroid dienone is 3. The van der Waals surface area contributed by atoms with E-state index in [1.807, 2.05) is 0 Å². The van der Waals surface area contributed by atoms with Crippen molar-refractivity contribution >= 4 is 23.2 Å². The Morgan fingerprint density at radius 3 is 2.81 bits per heavy atom. The van der Waals surface area contributed by atoms with Crippen LogP contribution in [-0.2, 0) is 5.41 Å². The Hall–Kier alpha value is -1.99. The van der Waals surface area contributed by atoms with Crippen LogP contribution in [0.4, 0.5) is 5.69 Å². The number of benzene rings is 1. The second-order valence-electron chi connectivity index (χ2n) is 7.67. The number of nitriles is 1. The Labute approximate surface area is 168 Å². The first-order valence-electron chi connectivity index (χ1n) is 9.97. The molecule has 1 aromatic rings. The van der Waals surface area contributed by atoms with E-state index in [0.29, 0.717) is 0 Å². The normalized spacial score (nSPS) is 22.7. The van der Waals surface area contributed by atoms with Gasteiger partial charge in [0.05, 0.1) is 16.5 Å². The van der Waals surface area contributed by atoms with Crippen LogP contribution >= 0.6 is 11.8 Å². The molecular formula is C23H30N3S+. The Bertz CT molecular complexity index is 826. The Kier molecular flexibility index (Phi) is 6.11. The summed E-state index contributed by atoms with van der Waals surface area (Å²) in [5.74, 6) is 0. The summed E-state index contributed by atoms with van der Waals surface area (Å²) in [5.41, 5.74) is 4.11. The summed E-state index contributed by atoms with van der Waals surface area (Å²) in [6.45, 7) is 11.9. The van der Waals surface area contributed by atoms with Crippen molar-refractivity contribution in [3.63, 3.8) is 0 Å². The quantitative estimate of drug-likeness (QED) is 0.634. The van der Waals surface area contributed by atoms with Crippen LogP contribution < -0.4 is 0 Å². The van der Waals surface area contributed by atoms with Gasteiger partial charge in [-0.1, -0.05) is 49.4 Å². The van der Waals surface area contributed by atoms with E-state index in [2.05, 4.69) is 85.7 Å². The minimum absolute atomic E-state index is 0.00178. The molecule has 3 nitrogen and oxygen atoms in total. The number of thioether (sulfide) groups is 1. The average Bonchev–Trinajstić information content (AvgIpc) is 3.17. The van der Waals surface area contributed by atoms with Crippen LogP contribution in [0.5, 0.6) is 0 Å². The molecular weight excluding hydrogens is 350 g/mol. The van der Waals surface area contributed by atoms with Crippen LogP contribution in [0.25, 0.3) is 0 Å². The lowest BCUT2D eigenvalue weighted by atomic mass is 9.81. The van der Waals surface area contributed by atoms with Gasteiger partial charge in [0.25, 0.3) is 0 Å². The Morgan fingerprint density at radius 2 is 2.11 bits per heavy atom. The van der Waals surface area contributed by atoms with Crippen LogP contribution in [0.3, 0.4) is 0 Å². The van der Waals surface area contributed by atoms with Gasteiger partial charge in [0.2, 0.25) is 5.69 Å². The van der Waals surface area contributed by atoms with Crippen LogP contribution in [0.1, 0.15) is 46.1 Å². The predicted molar refractivity (Wildman–Crippen MR) is 116 cm³/mol. The van der Waals surface area contributed by atoms with Gasteiger partial charge in [0, 0.05) is 37.2 Å². The van der Waals surface area contributed by atoms with Gasteiger partial charge in [-0.05, 0) is 26.8 Å². The van der Waals surface area contributed by atoms with E-state index in [1.165, 1.54) is 34.8 Å². The number of unbranched alkanes of at least 4 members (excludes halogenated alkanes) is 1. The molecule has 0 aromatic heterocycles. The molecule has 0 saturated carbocycles. The summed E-state index contributed by atoms with van der Waals surface area (Å²) >= 11 is 1.68. The number of para-hydroxylation sites is 1. The standard InChI is InChI=1S/C23H30N3S/c1-5-7-15-26-20-12-9-8-11-19(20)23(3,4)21(26)13-10-14-22-25(6-2)17-18(16-24)27-22/h8-14,18H,5-7,15,17H2,1-4H3/q+1. The molecule has 0 aliphatic carbocycles. The highest BCUT2D eigenvalue weighted by Gasteiger charge is 2.43. The van der Waals surface area contributed by atoms with Gasteiger partial charge in [-0.25, -0.2) is 0 Å². The van der Waals surface area contributed by atoms with Gasteiger partial charge >= 0.3 is 0 Å². The molecule has 0 amide bonds. The second kappa shape index (κ2) is 8.35. The summed E-state index contributed by atoms with van der Waals surface area (Å²) in [6, 6.07) is 11.2. The first kappa shape index (κ1) is 19.8. The third-order valence-corrected chi connectivity index (χ3v) is 6.69. The number of nitrogens with zero attached hydrogens (tertiary/aromatic N) is 3. The summed E-state index contributed by atoms with van der Waals surface area (Å²) in [7, 11) is 0. The maximum Gasteiger partial charge on any atom is 0.209 e. The molecule has 1 unspecified atom stereocenters. The van der Waals surface area contributed by atoms with Crippen molar-refractivity contribution in [3.05, 3.63) is 53.1 Å². The topological polar surface area (TPSA) is 30.0 Å². The zero-order valence-corrected chi connectivity index (χ0v) is 17.7. The minimum Gasteiger partial charge on any atom is -0.364 e. The summed E-state index contributed by atoms with van der Waals surface area (Å²) < 4.78 is 2.49. The third-order valence-electron chi connectivity index (χ3n) is 5.51. The van der Waals surface area contributed by atoms with Gasteiger partial charge < -0.3 is 4.90 Å². The summed E-state index contributed by atoms with van der Waals surface area (Å²) in [4.78, 5) is 2.29. The number of rotatable bonds is 6. The zero-order valence-electron chi connectivity index (χ0n) is 16.9. The molecule has 0 bridgehead atoms. The fourth-order valence-corrected chi connectivity index (χ4v) is 5.07. The molecule has 27 heavy (non-hydrogen) atoms. The van der Waals surface area contributed by atoms with Gasteiger partial charge in [-0.2, -0.15) is 9.84 Å². The fourth-order valence-electron chi connectivity index (χ4n) is 3.96. The molecule has 142 valence electrons. The summed E-state index contributed by atoms with van der Waals surface area (Å²) in [5, 5.41) is 10.5. The molecule has 0 radical (unpaired) electrons. The van der Waals surface area contributed by atoms with Gasteiger partial charge in [-0.3, -0.25) is 0 Å². The van der Waals surface area contributed by atoms with E-state index in [-0.39, 0.29) is 10.7 Å². The molecule has 2 aliphatic rings. The molecule has 2 heterocycles. The maximum absolute atomic E-state index is 9.23. The largest absolute Gasteiger partial charge is 0.364 e. The van der Waals surface area contributed by atoms with E-state index in [4.69, 9.17) is 0 Å². The first-order chi connectivity index (χ1) is 13.0.